The average Bonchev–Trinajstić information content (AvgIpc) is 3.41. The molecule has 0 radical (unpaired) electrons. The first-order valence-corrected chi connectivity index (χ1v) is 14.6. The number of fused-ring (bicyclic) bond motifs is 2. The number of benzene rings is 1. The Hall–Kier alpha value is -4.72. The van der Waals surface area contributed by atoms with Crippen molar-refractivity contribution in [2.24, 2.45) is 0 Å². The number of hydrogen-bond acceptors (Lipinski definition) is 6. The van der Waals surface area contributed by atoms with Crippen LogP contribution in [0.3, 0.4) is 0 Å². The summed E-state index contributed by atoms with van der Waals surface area (Å²) >= 11 is 0. The highest BCUT2D eigenvalue weighted by Gasteiger charge is 2.28. The van der Waals surface area contributed by atoms with Crippen LogP contribution in [0, 0.1) is 0 Å². The van der Waals surface area contributed by atoms with Gasteiger partial charge in [0.2, 0.25) is 0 Å². The molecule has 8 heteroatoms. The van der Waals surface area contributed by atoms with Crippen LogP contribution in [0.5, 0.6) is 5.75 Å². The number of amides is 1. The van der Waals surface area contributed by atoms with Gasteiger partial charge in [0.25, 0.3) is 0 Å². The highest BCUT2D eigenvalue weighted by molar-refractivity contribution is 5.94. The summed E-state index contributed by atoms with van der Waals surface area (Å²) in [4.78, 5) is 34.9. The second-order valence-corrected chi connectivity index (χ2v) is 11.8. The first-order valence-electron chi connectivity index (χ1n) is 14.6. The van der Waals surface area contributed by atoms with Crippen LogP contribution < -0.4 is 9.64 Å². The molecular weight excluding hydrogens is 540 g/mol. The zero-order valence-electron chi connectivity index (χ0n) is 25.3. The van der Waals surface area contributed by atoms with Crippen molar-refractivity contribution >= 4 is 46.4 Å². The van der Waals surface area contributed by atoms with E-state index >= 15 is 0 Å². The van der Waals surface area contributed by atoms with Crippen molar-refractivity contribution in [3.63, 3.8) is 0 Å². The molecule has 4 aromatic rings. The number of hydrogen-bond donors (Lipinski definition) is 0. The fourth-order valence-corrected chi connectivity index (χ4v) is 5.09. The molecule has 0 N–H and O–H groups in total. The topological polar surface area (TPSA) is 86.5 Å². The molecule has 0 aliphatic carbocycles. The number of carbonyl (C=O) groups is 2. The Labute approximate surface area is 252 Å². The molecule has 8 nitrogen and oxygen atoms in total. The highest BCUT2D eigenvalue weighted by Crippen LogP contribution is 2.30. The third-order valence-electron chi connectivity index (χ3n) is 7.15. The summed E-state index contributed by atoms with van der Waals surface area (Å²) in [6.07, 6.45) is 12.0. The molecule has 1 aromatic carbocycles. The van der Waals surface area contributed by atoms with Crippen molar-refractivity contribution in [1.29, 1.82) is 0 Å². The average molecular weight is 579 g/mol. The number of aryl methyl sites for hydroxylation is 1. The molecule has 1 amide bonds. The van der Waals surface area contributed by atoms with E-state index in [4.69, 9.17) is 14.5 Å². The largest absolute Gasteiger partial charge is 0.492 e. The molecule has 0 atom stereocenters. The van der Waals surface area contributed by atoms with Gasteiger partial charge in [0.1, 0.15) is 23.0 Å². The highest BCUT2D eigenvalue weighted by atomic mass is 16.6. The Kier molecular flexibility index (Phi) is 8.76. The van der Waals surface area contributed by atoms with Gasteiger partial charge in [-0.05, 0) is 88.4 Å². The lowest BCUT2D eigenvalue weighted by Crippen LogP contribution is -2.40. The maximum absolute atomic E-state index is 12.9. The Morgan fingerprint density at radius 2 is 1.93 bits per heavy atom. The number of pyridine rings is 2. The molecular formula is C35H38N4O4. The molecule has 5 rings (SSSR count). The molecule has 4 heterocycles. The van der Waals surface area contributed by atoms with Gasteiger partial charge in [0.05, 0.1) is 24.0 Å². The van der Waals surface area contributed by atoms with E-state index in [0.29, 0.717) is 37.6 Å². The fraction of sp³-hybridized carbons (Fsp3) is 0.314. The van der Waals surface area contributed by atoms with Crippen LogP contribution >= 0.6 is 0 Å². The zero-order valence-corrected chi connectivity index (χ0v) is 25.3. The Morgan fingerprint density at radius 1 is 1.09 bits per heavy atom. The molecule has 0 saturated heterocycles. The van der Waals surface area contributed by atoms with Gasteiger partial charge in [-0.15, -0.1) is 0 Å². The van der Waals surface area contributed by atoms with E-state index in [1.54, 1.807) is 24.2 Å². The molecule has 0 bridgehead atoms. The second-order valence-electron chi connectivity index (χ2n) is 11.8. The molecule has 1 aliphatic heterocycles. The predicted molar refractivity (Wildman–Crippen MR) is 171 cm³/mol. The maximum Gasteiger partial charge on any atom is 0.416 e. The number of Topliss-reactive ketones (excluding diaryl/α,β-unsaturated/α-hetero) is 1. The lowest BCUT2D eigenvalue weighted by molar-refractivity contribution is -0.117. The van der Waals surface area contributed by atoms with Crippen LogP contribution in [0.4, 0.5) is 10.6 Å². The van der Waals surface area contributed by atoms with Crippen molar-refractivity contribution in [1.82, 2.24) is 14.5 Å². The van der Waals surface area contributed by atoms with E-state index < -0.39 is 5.60 Å². The normalized spacial score (nSPS) is 13.3. The van der Waals surface area contributed by atoms with Crippen molar-refractivity contribution in [3.05, 3.63) is 90.0 Å². The Bertz CT molecular complexity index is 1700. The van der Waals surface area contributed by atoms with Gasteiger partial charge >= 0.3 is 6.09 Å². The van der Waals surface area contributed by atoms with E-state index in [1.807, 2.05) is 61.9 Å². The summed E-state index contributed by atoms with van der Waals surface area (Å²) < 4.78 is 13.5. The van der Waals surface area contributed by atoms with E-state index in [2.05, 4.69) is 35.8 Å². The van der Waals surface area contributed by atoms with Crippen molar-refractivity contribution < 1.29 is 19.1 Å². The first-order chi connectivity index (χ1) is 20.6. The number of ether oxygens (including phenoxy) is 2. The third-order valence-corrected chi connectivity index (χ3v) is 7.15. The predicted octanol–water partition coefficient (Wildman–Crippen LogP) is 7.56. The fourth-order valence-electron chi connectivity index (χ4n) is 5.09. The minimum Gasteiger partial charge on any atom is -0.492 e. The molecule has 0 saturated carbocycles. The van der Waals surface area contributed by atoms with Crippen molar-refractivity contribution in [2.45, 2.75) is 59.0 Å². The van der Waals surface area contributed by atoms with Crippen LogP contribution in [0.1, 0.15) is 69.3 Å². The van der Waals surface area contributed by atoms with Gasteiger partial charge < -0.3 is 18.8 Å². The molecule has 222 valence electrons. The summed E-state index contributed by atoms with van der Waals surface area (Å²) in [6.45, 7) is 12.6. The summed E-state index contributed by atoms with van der Waals surface area (Å²) in [5.74, 6) is 1.47. The Balaban J connectivity index is 1.35. The maximum atomic E-state index is 12.9. The number of nitrogens with zero attached hydrogens (tertiary/aromatic N) is 4. The van der Waals surface area contributed by atoms with Gasteiger partial charge in [-0.1, -0.05) is 30.9 Å². The summed E-state index contributed by atoms with van der Waals surface area (Å²) in [6, 6.07) is 14.2. The standard InChI is InChI=1S/C35H38N4O4/c1-24(40)9-8-20-42-30-21-28(22-36-23-30)25(2)38-19-17-31-26(10-6-12-32(31)38)13-15-29-16-14-27-11-7-18-39(33(27)37-29)34(41)43-35(3,4)5/h6,10,12-17,19,21-23H,2,7-9,11,18,20H2,1,3-5H3/b15-13+. The molecule has 0 fully saturated rings. The van der Waals surface area contributed by atoms with Crippen molar-refractivity contribution in [2.75, 3.05) is 18.1 Å². The minimum absolute atomic E-state index is 0.154. The molecule has 0 spiro atoms. The summed E-state index contributed by atoms with van der Waals surface area (Å²) in [7, 11) is 0. The van der Waals surface area contributed by atoms with Crippen molar-refractivity contribution in [3.8, 4) is 5.75 Å². The van der Waals surface area contributed by atoms with Gasteiger partial charge in [0, 0.05) is 42.0 Å². The van der Waals surface area contributed by atoms with Gasteiger partial charge in [-0.25, -0.2) is 9.78 Å². The van der Waals surface area contributed by atoms with E-state index in [9.17, 15) is 9.59 Å². The van der Waals surface area contributed by atoms with E-state index in [0.717, 1.165) is 51.8 Å². The monoisotopic (exact) mass is 578 g/mol. The molecule has 0 unspecified atom stereocenters. The molecule has 1 aliphatic rings. The summed E-state index contributed by atoms with van der Waals surface area (Å²) in [5, 5.41) is 1.07. The second kappa shape index (κ2) is 12.7. The number of aromatic nitrogens is 3. The van der Waals surface area contributed by atoms with Gasteiger partial charge in [0.15, 0.2) is 0 Å². The van der Waals surface area contributed by atoms with E-state index in [1.165, 1.54) is 0 Å². The lowest BCUT2D eigenvalue weighted by atomic mass is 10.0. The number of carbonyl (C=O) groups excluding carboxylic acids is 2. The van der Waals surface area contributed by atoms with Crippen LogP contribution in [-0.4, -0.2) is 45.2 Å². The number of rotatable bonds is 9. The quantitative estimate of drug-likeness (QED) is 0.191. The van der Waals surface area contributed by atoms with Crippen LogP contribution in [0.2, 0.25) is 0 Å². The van der Waals surface area contributed by atoms with Gasteiger partial charge in [-0.2, -0.15) is 0 Å². The summed E-state index contributed by atoms with van der Waals surface area (Å²) in [5.41, 5.74) is 4.90. The smallest absolute Gasteiger partial charge is 0.416 e. The lowest BCUT2D eigenvalue weighted by Gasteiger charge is -2.30. The van der Waals surface area contributed by atoms with Crippen LogP contribution in [-0.2, 0) is 16.0 Å². The van der Waals surface area contributed by atoms with Crippen LogP contribution in [0.25, 0.3) is 28.8 Å². The third kappa shape index (κ3) is 7.20. The zero-order chi connectivity index (χ0) is 30.6. The first kappa shape index (κ1) is 29.8. The minimum atomic E-state index is -0.573. The van der Waals surface area contributed by atoms with Crippen LogP contribution in [0.15, 0.2) is 67.6 Å². The number of ketones is 1. The van der Waals surface area contributed by atoms with E-state index in [-0.39, 0.29) is 11.9 Å². The molecule has 3 aromatic heterocycles. The molecule has 43 heavy (non-hydrogen) atoms. The Morgan fingerprint density at radius 3 is 2.72 bits per heavy atom. The van der Waals surface area contributed by atoms with Gasteiger partial charge in [-0.3, -0.25) is 9.88 Å². The number of anilines is 1. The SMILES string of the molecule is C=C(c1cncc(OCCCC(C)=O)c1)n1ccc2c(/C=C/c3ccc4c(n3)N(C(=O)OC(C)(C)C)CCC4)cccc21.